The lowest BCUT2D eigenvalue weighted by molar-refractivity contribution is -0.178. The molecule has 1 unspecified atom stereocenters. The number of hydrogen-bond donors (Lipinski definition) is 1. The molecule has 0 bridgehead atoms. The highest BCUT2D eigenvalue weighted by atomic mass is 16.6. The summed E-state index contributed by atoms with van der Waals surface area (Å²) in [5.74, 6) is 4.04. The summed E-state index contributed by atoms with van der Waals surface area (Å²) in [5, 5.41) is 0. The fourth-order valence-electron chi connectivity index (χ4n) is 9.71. The number of nitrogens with zero attached hydrogens (tertiary/aromatic N) is 1. The molecule has 5 heteroatoms. The number of rotatable bonds is 6. The molecule has 3 fully saturated rings. The molecule has 2 N–H and O–H groups in total. The summed E-state index contributed by atoms with van der Waals surface area (Å²) in [4.78, 5) is 16.5. The Morgan fingerprint density at radius 2 is 1.91 bits per heavy atom. The molecule has 5 nitrogen and oxygen atoms in total. The molecule has 0 amide bonds. The smallest absolute Gasteiger partial charge is 0.302 e. The van der Waals surface area contributed by atoms with E-state index >= 15 is 0 Å². The van der Waals surface area contributed by atoms with Gasteiger partial charge in [0.05, 0.1) is 5.70 Å². The van der Waals surface area contributed by atoms with E-state index in [0.717, 1.165) is 36.3 Å². The van der Waals surface area contributed by atoms with Gasteiger partial charge in [0, 0.05) is 18.8 Å². The molecule has 196 valence electrons. The van der Waals surface area contributed by atoms with Gasteiger partial charge in [-0.3, -0.25) is 4.79 Å². The van der Waals surface area contributed by atoms with Crippen LogP contribution >= 0.6 is 0 Å². The van der Waals surface area contributed by atoms with Crippen molar-refractivity contribution >= 4 is 12.0 Å². The number of amidine groups is 1. The van der Waals surface area contributed by atoms with Gasteiger partial charge >= 0.3 is 5.97 Å². The number of allylic oxidation sites excluding steroid dienone is 1. The molecule has 3 saturated carbocycles. The molecule has 5 rings (SSSR count). The third-order valence-corrected chi connectivity index (χ3v) is 11.4. The van der Waals surface area contributed by atoms with E-state index in [4.69, 9.17) is 20.2 Å². The van der Waals surface area contributed by atoms with Gasteiger partial charge in [0.1, 0.15) is 6.10 Å². The van der Waals surface area contributed by atoms with Crippen LogP contribution in [0, 0.1) is 46.3 Å². The van der Waals surface area contributed by atoms with E-state index in [9.17, 15) is 4.79 Å². The number of aliphatic imine (C=N–C) groups is 1. The molecule has 1 spiro atoms. The molecule has 0 saturated heterocycles. The molecule has 0 aromatic rings. The van der Waals surface area contributed by atoms with Crippen molar-refractivity contribution in [3.8, 4) is 0 Å². The number of carbonyl (C=O) groups excluding carboxylic acids is 1. The Balaban J connectivity index is 1.43. The molecule has 0 aromatic carbocycles. The second-order valence-corrected chi connectivity index (χ2v) is 13.6. The Morgan fingerprint density at radius 1 is 1.14 bits per heavy atom. The fraction of sp³-hybridized carbons (Fsp3) is 0.867. The summed E-state index contributed by atoms with van der Waals surface area (Å²) in [6.07, 6.45) is 14.2. The third kappa shape index (κ3) is 3.85. The van der Waals surface area contributed by atoms with Crippen LogP contribution in [0.3, 0.4) is 0 Å². The zero-order valence-electron chi connectivity index (χ0n) is 22.9. The molecule has 1 heterocycles. The zero-order valence-corrected chi connectivity index (χ0v) is 22.9. The number of nitrogens with two attached hydrogens (primary N) is 1. The Hall–Kier alpha value is -1.52. The first kappa shape index (κ1) is 25.1. The highest BCUT2D eigenvalue weighted by Gasteiger charge is 2.69. The van der Waals surface area contributed by atoms with Crippen molar-refractivity contribution < 1.29 is 14.3 Å². The first-order valence-corrected chi connectivity index (χ1v) is 14.4. The van der Waals surface area contributed by atoms with Gasteiger partial charge in [0.2, 0.25) is 0 Å². The summed E-state index contributed by atoms with van der Waals surface area (Å²) in [6, 6.07) is 0.287. The van der Waals surface area contributed by atoms with E-state index in [1.807, 2.05) is 0 Å². The molecular formula is C30H48N2O3. The Labute approximate surface area is 212 Å². The maximum Gasteiger partial charge on any atom is 0.302 e. The van der Waals surface area contributed by atoms with Crippen LogP contribution in [0.1, 0.15) is 106 Å². The quantitative estimate of drug-likeness (QED) is 0.430. The Bertz CT molecular complexity index is 911. The van der Waals surface area contributed by atoms with Crippen molar-refractivity contribution in [2.45, 2.75) is 117 Å². The highest BCUT2D eigenvalue weighted by molar-refractivity contribution is 5.77. The van der Waals surface area contributed by atoms with Crippen molar-refractivity contribution in [1.82, 2.24) is 0 Å². The van der Waals surface area contributed by atoms with Crippen LogP contribution in [0.25, 0.3) is 0 Å². The van der Waals surface area contributed by atoms with Gasteiger partial charge in [0.15, 0.2) is 5.60 Å². The minimum absolute atomic E-state index is 0.0364. The molecule has 0 radical (unpaired) electrons. The second-order valence-electron chi connectivity index (χ2n) is 13.6. The van der Waals surface area contributed by atoms with E-state index in [2.05, 4.69) is 40.7 Å². The molecular weight excluding hydrogens is 436 g/mol. The van der Waals surface area contributed by atoms with Crippen LogP contribution in [0.15, 0.2) is 16.8 Å². The summed E-state index contributed by atoms with van der Waals surface area (Å²) < 4.78 is 12.1. The molecule has 9 atom stereocenters. The Morgan fingerprint density at radius 3 is 2.63 bits per heavy atom. The lowest BCUT2D eigenvalue weighted by Crippen LogP contribution is -2.63. The van der Waals surface area contributed by atoms with Gasteiger partial charge in [-0.2, -0.15) is 4.99 Å². The summed E-state index contributed by atoms with van der Waals surface area (Å²) in [6.45, 7) is 13.8. The van der Waals surface area contributed by atoms with Crippen molar-refractivity contribution in [1.29, 1.82) is 0 Å². The minimum Gasteiger partial charge on any atom is -0.462 e. The maximum absolute atomic E-state index is 11.7. The topological polar surface area (TPSA) is 73.9 Å². The van der Waals surface area contributed by atoms with E-state index in [1.165, 1.54) is 51.9 Å². The second kappa shape index (κ2) is 8.80. The molecule has 5 aliphatic rings. The predicted molar refractivity (Wildman–Crippen MR) is 139 cm³/mol. The van der Waals surface area contributed by atoms with Crippen LogP contribution < -0.4 is 5.73 Å². The van der Waals surface area contributed by atoms with E-state index in [1.54, 1.807) is 0 Å². The number of carbonyl (C=O) groups is 1. The monoisotopic (exact) mass is 484 g/mol. The minimum atomic E-state index is -0.549. The number of fused-ring (bicyclic) bond motifs is 4. The molecule has 0 aromatic heterocycles. The van der Waals surface area contributed by atoms with E-state index in [-0.39, 0.29) is 23.5 Å². The first-order chi connectivity index (χ1) is 16.5. The lowest BCUT2D eigenvalue weighted by atomic mass is 9.44. The number of esters is 1. The first-order valence-electron chi connectivity index (χ1n) is 14.4. The SMILES string of the molecule is CC(=O)O[C@H]1CC[C@]2(C)[C@H]3CC[C@]4(C)[C@@H]([C@H](C)CCCC(C)C)CC[C@H]4[C@@H]3C=C3N=C(N)OC32C1. The van der Waals surface area contributed by atoms with Crippen LogP contribution in [-0.4, -0.2) is 23.7 Å². The van der Waals surface area contributed by atoms with Crippen LogP contribution in [0.4, 0.5) is 0 Å². The average Bonchev–Trinajstić information content (AvgIpc) is 3.28. The number of hydrogen-bond acceptors (Lipinski definition) is 5. The summed E-state index contributed by atoms with van der Waals surface area (Å²) >= 11 is 0. The van der Waals surface area contributed by atoms with Gasteiger partial charge < -0.3 is 15.2 Å². The zero-order chi connectivity index (χ0) is 25.2. The predicted octanol–water partition coefficient (Wildman–Crippen LogP) is 6.61. The molecule has 4 aliphatic carbocycles. The van der Waals surface area contributed by atoms with Crippen molar-refractivity contribution in [3.05, 3.63) is 11.8 Å². The van der Waals surface area contributed by atoms with Crippen molar-refractivity contribution in [2.75, 3.05) is 0 Å². The lowest BCUT2D eigenvalue weighted by Gasteiger charge is -2.62. The molecule has 1 aliphatic heterocycles. The Kier molecular flexibility index (Phi) is 6.32. The van der Waals surface area contributed by atoms with Crippen LogP contribution in [0.2, 0.25) is 0 Å². The third-order valence-electron chi connectivity index (χ3n) is 11.4. The van der Waals surface area contributed by atoms with E-state index in [0.29, 0.717) is 29.6 Å². The largest absolute Gasteiger partial charge is 0.462 e. The van der Waals surface area contributed by atoms with Gasteiger partial charge in [-0.15, -0.1) is 0 Å². The maximum atomic E-state index is 11.7. The fourth-order valence-corrected chi connectivity index (χ4v) is 9.71. The van der Waals surface area contributed by atoms with Crippen molar-refractivity contribution in [3.63, 3.8) is 0 Å². The summed E-state index contributed by atoms with van der Waals surface area (Å²) in [5.41, 5.74) is 7.08. The van der Waals surface area contributed by atoms with Gasteiger partial charge in [-0.1, -0.05) is 60.0 Å². The highest BCUT2D eigenvalue weighted by Crippen LogP contribution is 2.70. The van der Waals surface area contributed by atoms with Gasteiger partial charge in [-0.25, -0.2) is 0 Å². The van der Waals surface area contributed by atoms with Crippen LogP contribution in [0.5, 0.6) is 0 Å². The van der Waals surface area contributed by atoms with Crippen molar-refractivity contribution in [2.24, 2.45) is 57.1 Å². The van der Waals surface area contributed by atoms with E-state index < -0.39 is 5.60 Å². The molecule has 35 heavy (non-hydrogen) atoms. The van der Waals surface area contributed by atoms with Gasteiger partial charge in [-0.05, 0) is 79.4 Å². The summed E-state index contributed by atoms with van der Waals surface area (Å²) in [7, 11) is 0. The van der Waals surface area contributed by atoms with Crippen LogP contribution in [-0.2, 0) is 14.3 Å². The standard InChI is InChI=1S/C30H48N2O3/c1-18(2)8-7-9-19(3)23-10-11-24-22-16-26-30(35-27(31)32-26)17-21(34-20(4)33)12-15-29(30,6)25(22)13-14-28(23,24)5/h16,18-19,21-25H,7-15,17H2,1-6H3,(H2,31,32)/t19-,21+,22+,23-,24+,25+,28-,29-,30?/m1/s1. The van der Waals surface area contributed by atoms with Gasteiger partial charge in [0.25, 0.3) is 6.02 Å². The number of ether oxygens (including phenoxy) is 2. The normalized spacial score (nSPS) is 44.8. The average molecular weight is 485 g/mol.